The number of aromatic nitrogens is 2. The predicted octanol–water partition coefficient (Wildman–Crippen LogP) is 3.21. The fourth-order valence-electron chi connectivity index (χ4n) is 2.53. The topological polar surface area (TPSA) is 37.8 Å². The van der Waals surface area contributed by atoms with Crippen LogP contribution in [-0.4, -0.2) is 17.2 Å². The van der Waals surface area contributed by atoms with Crippen LogP contribution in [0.25, 0.3) is 0 Å². The van der Waals surface area contributed by atoms with Gasteiger partial charge in [0.1, 0.15) is 0 Å². The van der Waals surface area contributed by atoms with Crippen LogP contribution < -0.4 is 5.32 Å². The summed E-state index contributed by atoms with van der Waals surface area (Å²) in [5, 5.41) is 11.8. The Morgan fingerprint density at radius 1 is 1.05 bits per heavy atom. The van der Waals surface area contributed by atoms with Crippen molar-refractivity contribution < 1.29 is 0 Å². The van der Waals surface area contributed by atoms with Crippen molar-refractivity contribution in [1.82, 2.24) is 15.5 Å². The summed E-state index contributed by atoms with van der Waals surface area (Å²) in [7, 11) is 2.00. The molecule has 3 nitrogen and oxygen atoms in total. The Labute approximate surface area is 121 Å². The highest BCUT2D eigenvalue weighted by atomic mass is 15.1. The summed E-state index contributed by atoms with van der Waals surface area (Å²) in [6.07, 6.45) is 0.968. The number of nitrogens with zero attached hydrogens (tertiary/aromatic N) is 2. The lowest BCUT2D eigenvalue weighted by Gasteiger charge is -2.20. The van der Waals surface area contributed by atoms with E-state index in [9.17, 15) is 0 Å². The summed E-state index contributed by atoms with van der Waals surface area (Å²) in [4.78, 5) is 0. The van der Waals surface area contributed by atoms with Crippen molar-refractivity contribution >= 4 is 0 Å². The van der Waals surface area contributed by atoms with Crippen molar-refractivity contribution in [2.75, 3.05) is 7.05 Å². The normalized spacial score (nSPS) is 12.4. The van der Waals surface area contributed by atoms with Gasteiger partial charge < -0.3 is 5.32 Å². The van der Waals surface area contributed by atoms with Gasteiger partial charge in [-0.2, -0.15) is 10.2 Å². The Bertz CT molecular complexity index is 605. The summed E-state index contributed by atoms with van der Waals surface area (Å²) >= 11 is 0. The Morgan fingerprint density at radius 2 is 1.80 bits per heavy atom. The molecule has 0 amide bonds. The molecule has 20 heavy (non-hydrogen) atoms. The third kappa shape index (κ3) is 3.23. The molecule has 0 saturated heterocycles. The second kappa shape index (κ2) is 6.14. The number of likely N-dealkylation sites (N-methyl/N-ethyl adjacent to an activating group) is 1. The first kappa shape index (κ1) is 14.7. The van der Waals surface area contributed by atoms with Crippen molar-refractivity contribution in [3.8, 4) is 0 Å². The third-order valence-corrected chi connectivity index (χ3v) is 3.79. The van der Waals surface area contributed by atoms with E-state index in [-0.39, 0.29) is 6.04 Å². The van der Waals surface area contributed by atoms with Crippen LogP contribution in [0.2, 0.25) is 0 Å². The number of aryl methyl sites for hydroxylation is 4. The lowest BCUT2D eigenvalue weighted by molar-refractivity contribution is 0.580. The second-order valence-corrected chi connectivity index (χ2v) is 5.50. The molecule has 1 N–H and O–H groups in total. The van der Waals surface area contributed by atoms with Gasteiger partial charge in [0.05, 0.1) is 11.4 Å². The van der Waals surface area contributed by atoms with E-state index in [1.807, 2.05) is 20.9 Å². The third-order valence-electron chi connectivity index (χ3n) is 3.79. The Balaban J connectivity index is 2.33. The van der Waals surface area contributed by atoms with E-state index in [0.717, 1.165) is 17.8 Å². The van der Waals surface area contributed by atoms with Crippen LogP contribution >= 0.6 is 0 Å². The molecule has 3 heteroatoms. The van der Waals surface area contributed by atoms with Gasteiger partial charge >= 0.3 is 0 Å². The molecule has 0 spiro atoms. The fourth-order valence-corrected chi connectivity index (χ4v) is 2.53. The number of hydrogen-bond acceptors (Lipinski definition) is 3. The Morgan fingerprint density at radius 3 is 2.50 bits per heavy atom. The van der Waals surface area contributed by atoms with E-state index in [1.54, 1.807) is 0 Å². The minimum absolute atomic E-state index is 0.268. The van der Waals surface area contributed by atoms with E-state index >= 15 is 0 Å². The molecule has 1 aromatic carbocycles. The first-order valence-electron chi connectivity index (χ1n) is 7.05. The van der Waals surface area contributed by atoms with Gasteiger partial charge in [-0.1, -0.05) is 23.8 Å². The zero-order valence-corrected chi connectivity index (χ0v) is 13.0. The molecule has 1 heterocycles. The summed E-state index contributed by atoms with van der Waals surface area (Å²) in [6.45, 7) is 8.32. The van der Waals surface area contributed by atoms with Crippen LogP contribution in [0.1, 0.15) is 39.7 Å². The fraction of sp³-hybridized carbons (Fsp3) is 0.412. The summed E-state index contributed by atoms with van der Waals surface area (Å²) in [6, 6.07) is 9.03. The molecule has 2 rings (SSSR count). The highest BCUT2D eigenvalue weighted by Crippen LogP contribution is 2.23. The molecule has 0 fully saturated rings. The average molecular weight is 269 g/mol. The van der Waals surface area contributed by atoms with Crippen LogP contribution in [0.4, 0.5) is 0 Å². The molecule has 0 bridgehead atoms. The number of nitrogens with one attached hydrogen (secondary N) is 1. The molecule has 0 saturated carbocycles. The molecule has 1 unspecified atom stereocenters. The maximum absolute atomic E-state index is 4.24. The highest BCUT2D eigenvalue weighted by Gasteiger charge is 2.15. The van der Waals surface area contributed by atoms with Crippen LogP contribution in [-0.2, 0) is 6.42 Å². The standard InChI is InChI=1S/C17H23N3/c1-11-6-7-12(2)15(8-11)10-17(18-5)16-9-13(3)19-20-14(16)4/h6-9,17-18H,10H2,1-5H3. The number of hydrogen-bond donors (Lipinski definition) is 1. The minimum Gasteiger partial charge on any atom is -0.313 e. The van der Waals surface area contributed by atoms with Crippen molar-refractivity contribution in [1.29, 1.82) is 0 Å². The van der Waals surface area contributed by atoms with Gasteiger partial charge in [-0.05, 0) is 63.9 Å². The first-order valence-corrected chi connectivity index (χ1v) is 7.05. The average Bonchev–Trinajstić information content (AvgIpc) is 2.42. The largest absolute Gasteiger partial charge is 0.313 e. The lowest BCUT2D eigenvalue weighted by atomic mass is 9.94. The summed E-state index contributed by atoms with van der Waals surface area (Å²) in [5.41, 5.74) is 7.24. The van der Waals surface area contributed by atoms with Crippen molar-refractivity contribution in [3.05, 3.63) is 57.9 Å². The zero-order valence-electron chi connectivity index (χ0n) is 13.0. The second-order valence-electron chi connectivity index (χ2n) is 5.50. The Kier molecular flexibility index (Phi) is 4.50. The van der Waals surface area contributed by atoms with Gasteiger partial charge in [0.2, 0.25) is 0 Å². The van der Waals surface area contributed by atoms with E-state index in [1.165, 1.54) is 22.3 Å². The molecular formula is C17H23N3. The van der Waals surface area contributed by atoms with Crippen LogP contribution in [0.5, 0.6) is 0 Å². The lowest BCUT2D eigenvalue weighted by Crippen LogP contribution is -2.21. The molecule has 0 aliphatic rings. The molecule has 0 radical (unpaired) electrons. The molecule has 2 aromatic rings. The van der Waals surface area contributed by atoms with Gasteiger partial charge in [0, 0.05) is 6.04 Å². The van der Waals surface area contributed by atoms with E-state index in [0.29, 0.717) is 0 Å². The van der Waals surface area contributed by atoms with Crippen molar-refractivity contribution in [2.45, 2.75) is 40.2 Å². The van der Waals surface area contributed by atoms with Crippen molar-refractivity contribution in [3.63, 3.8) is 0 Å². The van der Waals surface area contributed by atoms with Crippen LogP contribution in [0, 0.1) is 27.7 Å². The monoisotopic (exact) mass is 269 g/mol. The van der Waals surface area contributed by atoms with Gasteiger partial charge in [-0.3, -0.25) is 0 Å². The van der Waals surface area contributed by atoms with E-state index in [4.69, 9.17) is 0 Å². The van der Waals surface area contributed by atoms with Gasteiger partial charge in [0.15, 0.2) is 0 Å². The number of benzene rings is 1. The minimum atomic E-state index is 0.268. The molecule has 0 aliphatic carbocycles. The van der Waals surface area contributed by atoms with Crippen LogP contribution in [0.15, 0.2) is 24.3 Å². The molecule has 0 aliphatic heterocycles. The van der Waals surface area contributed by atoms with E-state index in [2.05, 4.69) is 53.6 Å². The molecular weight excluding hydrogens is 246 g/mol. The zero-order chi connectivity index (χ0) is 14.7. The summed E-state index contributed by atoms with van der Waals surface area (Å²) in [5.74, 6) is 0. The molecule has 1 aromatic heterocycles. The summed E-state index contributed by atoms with van der Waals surface area (Å²) < 4.78 is 0. The molecule has 106 valence electrons. The Hall–Kier alpha value is -1.74. The first-order chi connectivity index (χ1) is 9.51. The quantitative estimate of drug-likeness (QED) is 0.926. The maximum atomic E-state index is 4.24. The smallest absolute Gasteiger partial charge is 0.0648 e. The van der Waals surface area contributed by atoms with Gasteiger partial charge in [-0.15, -0.1) is 0 Å². The van der Waals surface area contributed by atoms with E-state index < -0.39 is 0 Å². The predicted molar refractivity (Wildman–Crippen MR) is 82.9 cm³/mol. The number of rotatable bonds is 4. The highest BCUT2D eigenvalue weighted by molar-refractivity contribution is 5.33. The maximum Gasteiger partial charge on any atom is 0.0648 e. The van der Waals surface area contributed by atoms with Crippen LogP contribution in [0.3, 0.4) is 0 Å². The SMILES string of the molecule is CNC(Cc1cc(C)ccc1C)c1cc(C)nnc1C. The van der Waals surface area contributed by atoms with Crippen molar-refractivity contribution in [2.24, 2.45) is 0 Å². The van der Waals surface area contributed by atoms with Gasteiger partial charge in [-0.25, -0.2) is 0 Å². The molecule has 1 atom stereocenters. The van der Waals surface area contributed by atoms with Gasteiger partial charge in [0.25, 0.3) is 0 Å².